The summed E-state index contributed by atoms with van der Waals surface area (Å²) in [5.74, 6) is 0. The number of nitrogens with one attached hydrogen (secondary N) is 1. The molecule has 1 unspecified atom stereocenters. The smallest absolute Gasteiger partial charge is 0.0931 e. The average molecular weight is 331 g/mol. The lowest BCUT2D eigenvalue weighted by molar-refractivity contribution is 0.582. The number of rotatable bonds is 4. The lowest BCUT2D eigenvalue weighted by atomic mass is 10.2. The third kappa shape index (κ3) is 3.55. The van der Waals surface area contributed by atoms with Crippen molar-refractivity contribution in [3.8, 4) is 0 Å². The lowest BCUT2D eigenvalue weighted by Crippen LogP contribution is -2.17. The molecule has 0 bridgehead atoms. The highest BCUT2D eigenvalue weighted by Crippen LogP contribution is 2.27. The van der Waals surface area contributed by atoms with Gasteiger partial charge in [-0.05, 0) is 30.7 Å². The molecule has 0 saturated carbocycles. The van der Waals surface area contributed by atoms with Crippen LogP contribution in [0.25, 0.3) is 0 Å². The molecule has 2 aromatic rings. The zero-order valence-electron chi connectivity index (χ0n) is 9.41. The van der Waals surface area contributed by atoms with Crippen molar-refractivity contribution in [1.82, 2.24) is 5.32 Å². The summed E-state index contributed by atoms with van der Waals surface area (Å²) in [7, 11) is 0. The maximum atomic E-state index is 5.93. The summed E-state index contributed by atoms with van der Waals surface area (Å²) in [6, 6.07) is 12.6. The molecule has 1 nitrogen and oxygen atoms in total. The summed E-state index contributed by atoms with van der Waals surface area (Å²) in [5.41, 5.74) is 1.27. The Labute approximate surface area is 119 Å². The molecule has 1 aromatic carbocycles. The number of benzene rings is 1. The molecule has 0 aliphatic heterocycles. The van der Waals surface area contributed by atoms with Gasteiger partial charge < -0.3 is 5.32 Å². The van der Waals surface area contributed by atoms with Gasteiger partial charge in [0, 0.05) is 21.9 Å². The fraction of sp³-hybridized carbons (Fsp3) is 0.231. The first-order valence-electron chi connectivity index (χ1n) is 5.39. The molecular formula is C13H13BrClNS. The zero-order valence-corrected chi connectivity index (χ0v) is 12.6. The zero-order chi connectivity index (χ0) is 12.3. The van der Waals surface area contributed by atoms with Gasteiger partial charge >= 0.3 is 0 Å². The van der Waals surface area contributed by atoms with Gasteiger partial charge in [0.15, 0.2) is 0 Å². The van der Waals surface area contributed by atoms with Crippen LogP contribution in [0.15, 0.2) is 40.9 Å². The Hall–Kier alpha value is -0.350. The topological polar surface area (TPSA) is 12.0 Å². The van der Waals surface area contributed by atoms with Gasteiger partial charge in [-0.1, -0.05) is 45.7 Å². The van der Waals surface area contributed by atoms with Gasteiger partial charge in [0.2, 0.25) is 0 Å². The summed E-state index contributed by atoms with van der Waals surface area (Å²) in [4.78, 5) is 1.27. The number of hydrogen-bond donors (Lipinski definition) is 1. The first kappa shape index (κ1) is 13.1. The second kappa shape index (κ2) is 6.01. The van der Waals surface area contributed by atoms with E-state index in [2.05, 4.69) is 52.4 Å². The molecular weight excluding hydrogens is 318 g/mol. The molecule has 0 spiro atoms. The van der Waals surface area contributed by atoms with Crippen LogP contribution >= 0.6 is 38.9 Å². The first-order chi connectivity index (χ1) is 8.16. The van der Waals surface area contributed by atoms with Gasteiger partial charge in [0.05, 0.1) is 4.34 Å². The van der Waals surface area contributed by atoms with Crippen molar-refractivity contribution in [2.24, 2.45) is 0 Å². The minimum Gasteiger partial charge on any atom is -0.305 e. The molecule has 0 radical (unpaired) electrons. The highest BCUT2D eigenvalue weighted by Gasteiger charge is 2.08. The van der Waals surface area contributed by atoms with E-state index in [-0.39, 0.29) is 0 Å². The van der Waals surface area contributed by atoms with E-state index in [9.17, 15) is 0 Å². The Morgan fingerprint density at radius 3 is 2.71 bits per heavy atom. The van der Waals surface area contributed by atoms with E-state index in [1.165, 1.54) is 10.4 Å². The summed E-state index contributed by atoms with van der Waals surface area (Å²) in [5, 5.41) is 3.49. The van der Waals surface area contributed by atoms with Crippen molar-refractivity contribution in [1.29, 1.82) is 0 Å². The Kier molecular flexibility index (Phi) is 4.62. The molecule has 90 valence electrons. The third-order valence-electron chi connectivity index (χ3n) is 2.58. The predicted molar refractivity (Wildman–Crippen MR) is 78.7 cm³/mol. The quantitative estimate of drug-likeness (QED) is 0.830. The number of hydrogen-bond acceptors (Lipinski definition) is 2. The molecule has 0 aliphatic rings. The van der Waals surface area contributed by atoms with Gasteiger partial charge in [-0.25, -0.2) is 0 Å². The minimum absolute atomic E-state index is 0.319. The van der Waals surface area contributed by atoms with Crippen molar-refractivity contribution < 1.29 is 0 Å². The van der Waals surface area contributed by atoms with Gasteiger partial charge in [-0.3, -0.25) is 0 Å². The van der Waals surface area contributed by atoms with Crippen molar-refractivity contribution in [3.63, 3.8) is 0 Å². The van der Waals surface area contributed by atoms with Crippen LogP contribution in [0.1, 0.15) is 23.4 Å². The number of halogens is 2. The molecule has 0 saturated heterocycles. The molecule has 0 fully saturated rings. The van der Waals surface area contributed by atoms with E-state index in [0.717, 1.165) is 15.4 Å². The van der Waals surface area contributed by atoms with Gasteiger partial charge in [-0.15, -0.1) is 11.3 Å². The van der Waals surface area contributed by atoms with Crippen molar-refractivity contribution in [3.05, 3.63) is 55.6 Å². The van der Waals surface area contributed by atoms with E-state index in [1.807, 2.05) is 12.1 Å². The Bertz CT molecular complexity index is 498. The lowest BCUT2D eigenvalue weighted by Gasteiger charge is -2.12. The average Bonchev–Trinajstić information content (AvgIpc) is 2.74. The summed E-state index contributed by atoms with van der Waals surface area (Å²) in [6.45, 7) is 3.00. The third-order valence-corrected chi connectivity index (χ3v) is 4.76. The molecule has 1 heterocycles. The second-order valence-corrected chi connectivity index (χ2v) is 6.44. The maximum absolute atomic E-state index is 5.93. The number of thiophene rings is 1. The Balaban J connectivity index is 1.97. The van der Waals surface area contributed by atoms with Crippen molar-refractivity contribution in [2.45, 2.75) is 19.5 Å². The minimum atomic E-state index is 0.319. The van der Waals surface area contributed by atoms with Crippen molar-refractivity contribution >= 4 is 38.9 Å². The molecule has 17 heavy (non-hydrogen) atoms. The largest absolute Gasteiger partial charge is 0.305 e. The van der Waals surface area contributed by atoms with E-state index < -0.39 is 0 Å². The van der Waals surface area contributed by atoms with E-state index in [0.29, 0.717) is 6.04 Å². The molecule has 4 heteroatoms. The molecule has 1 atom stereocenters. The van der Waals surface area contributed by atoms with Crippen LogP contribution in [-0.2, 0) is 6.54 Å². The molecule has 1 aromatic heterocycles. The SMILES string of the molecule is CC(NCc1ccccc1Br)c1ccc(Cl)s1. The van der Waals surface area contributed by atoms with Gasteiger partial charge in [0.1, 0.15) is 0 Å². The normalized spacial score (nSPS) is 12.6. The molecule has 2 rings (SSSR count). The van der Waals surface area contributed by atoms with Gasteiger partial charge in [0.25, 0.3) is 0 Å². The second-order valence-electron chi connectivity index (χ2n) is 3.84. The summed E-state index contributed by atoms with van der Waals surface area (Å²) >= 11 is 11.1. The maximum Gasteiger partial charge on any atom is 0.0931 e. The highest BCUT2D eigenvalue weighted by atomic mass is 79.9. The van der Waals surface area contributed by atoms with Crippen LogP contribution < -0.4 is 5.32 Å². The first-order valence-corrected chi connectivity index (χ1v) is 7.37. The fourth-order valence-corrected chi connectivity index (χ4v) is 3.08. The highest BCUT2D eigenvalue weighted by molar-refractivity contribution is 9.10. The fourth-order valence-electron chi connectivity index (χ4n) is 1.57. The molecule has 1 N–H and O–H groups in total. The van der Waals surface area contributed by atoms with E-state index >= 15 is 0 Å². The van der Waals surface area contributed by atoms with E-state index in [1.54, 1.807) is 11.3 Å². The summed E-state index contributed by atoms with van der Waals surface area (Å²) < 4.78 is 1.98. The monoisotopic (exact) mass is 329 g/mol. The summed E-state index contributed by atoms with van der Waals surface area (Å²) in [6.07, 6.45) is 0. The van der Waals surface area contributed by atoms with Crippen LogP contribution in [-0.4, -0.2) is 0 Å². The Morgan fingerprint density at radius 1 is 1.29 bits per heavy atom. The standard InChI is InChI=1S/C13H13BrClNS/c1-9(12-6-7-13(15)17-12)16-8-10-4-2-3-5-11(10)14/h2-7,9,16H,8H2,1H3. The predicted octanol–water partition coefficient (Wildman–Crippen LogP) is 5.01. The molecule has 0 amide bonds. The van der Waals surface area contributed by atoms with Crippen LogP contribution in [0.2, 0.25) is 4.34 Å². The van der Waals surface area contributed by atoms with E-state index in [4.69, 9.17) is 11.6 Å². The van der Waals surface area contributed by atoms with Crippen LogP contribution in [0, 0.1) is 0 Å². The van der Waals surface area contributed by atoms with Crippen LogP contribution in [0.5, 0.6) is 0 Å². The van der Waals surface area contributed by atoms with Crippen molar-refractivity contribution in [2.75, 3.05) is 0 Å². The Morgan fingerprint density at radius 2 is 2.06 bits per heavy atom. The molecule has 0 aliphatic carbocycles. The van der Waals surface area contributed by atoms with Crippen LogP contribution in [0.4, 0.5) is 0 Å². The van der Waals surface area contributed by atoms with Crippen LogP contribution in [0.3, 0.4) is 0 Å². The van der Waals surface area contributed by atoms with Gasteiger partial charge in [-0.2, -0.15) is 0 Å².